The molecule has 0 aromatic heterocycles. The van der Waals surface area contributed by atoms with Gasteiger partial charge in [0.05, 0.1) is 6.10 Å². The van der Waals surface area contributed by atoms with Crippen LogP contribution in [0.1, 0.15) is 85.0 Å². The van der Waals surface area contributed by atoms with Crippen LogP contribution in [0.3, 0.4) is 0 Å². The monoisotopic (exact) mass is 376 g/mol. The first-order valence-electron chi connectivity index (χ1n) is 11.1. The van der Waals surface area contributed by atoms with E-state index in [0.29, 0.717) is 17.3 Å². The van der Waals surface area contributed by atoms with Crippen molar-refractivity contribution in [3.8, 4) is 0 Å². The number of carbonyl (C=O) groups is 1. The smallest absolute Gasteiger partial charge is 0.303 e. The lowest BCUT2D eigenvalue weighted by atomic mass is 9.43. The first kappa shape index (κ1) is 22.2. The fraction of sp³-hybridized carbons (Fsp3) is 0.792. The van der Waals surface area contributed by atoms with Crippen LogP contribution < -0.4 is 0 Å². The van der Waals surface area contributed by atoms with Crippen LogP contribution in [0.2, 0.25) is 0 Å². The van der Waals surface area contributed by atoms with Crippen LogP contribution >= 0.6 is 0 Å². The van der Waals surface area contributed by atoms with Crippen LogP contribution in [0.15, 0.2) is 24.3 Å². The molecule has 2 bridgehead atoms. The van der Waals surface area contributed by atoms with E-state index in [0.717, 1.165) is 43.9 Å². The first-order valence-corrected chi connectivity index (χ1v) is 11.1. The van der Waals surface area contributed by atoms with Gasteiger partial charge in [0.1, 0.15) is 0 Å². The number of rotatable bonds is 12. The van der Waals surface area contributed by atoms with Crippen LogP contribution in [0.4, 0.5) is 0 Å². The zero-order valence-electron chi connectivity index (χ0n) is 17.6. The molecular formula is C24H40O3. The Bertz CT molecular complexity index is 520. The molecule has 27 heavy (non-hydrogen) atoms. The lowest BCUT2D eigenvalue weighted by Gasteiger charge is -2.62. The minimum Gasteiger partial charge on any atom is -0.481 e. The highest BCUT2D eigenvalue weighted by Crippen LogP contribution is 2.64. The summed E-state index contributed by atoms with van der Waals surface area (Å²) in [4.78, 5) is 10.6. The van der Waals surface area contributed by atoms with Crippen molar-refractivity contribution in [2.24, 2.45) is 29.1 Å². The van der Waals surface area contributed by atoms with Crippen LogP contribution in [0, 0.1) is 29.1 Å². The number of carboxylic acid groups (broad SMARTS) is 1. The third-order valence-corrected chi connectivity index (χ3v) is 7.19. The number of allylic oxidation sites excluding steroid dienone is 3. The molecule has 2 N–H and O–H groups in total. The molecule has 3 heteroatoms. The van der Waals surface area contributed by atoms with Crippen LogP contribution in [-0.4, -0.2) is 22.3 Å². The number of fused-ring (bicyclic) bond motifs is 2. The van der Waals surface area contributed by atoms with E-state index in [4.69, 9.17) is 5.11 Å². The van der Waals surface area contributed by atoms with E-state index >= 15 is 0 Å². The molecule has 3 rings (SSSR count). The van der Waals surface area contributed by atoms with Crippen molar-refractivity contribution in [2.45, 2.75) is 91.1 Å². The molecule has 3 nitrogen and oxygen atoms in total. The van der Waals surface area contributed by atoms with Gasteiger partial charge in [0.2, 0.25) is 0 Å². The summed E-state index contributed by atoms with van der Waals surface area (Å²) in [5.74, 6) is 2.11. The summed E-state index contributed by atoms with van der Waals surface area (Å²) >= 11 is 0. The Balaban J connectivity index is 1.88. The minimum absolute atomic E-state index is 0.256. The number of hydrogen-bond donors (Lipinski definition) is 2. The Morgan fingerprint density at radius 2 is 1.96 bits per heavy atom. The topological polar surface area (TPSA) is 57.5 Å². The zero-order valence-corrected chi connectivity index (χ0v) is 17.6. The van der Waals surface area contributed by atoms with Crippen LogP contribution in [0.25, 0.3) is 0 Å². The number of hydrogen-bond acceptors (Lipinski definition) is 2. The van der Waals surface area contributed by atoms with Gasteiger partial charge in [-0.3, -0.25) is 4.79 Å². The Labute approximate surface area is 165 Å². The normalized spacial score (nSPS) is 30.5. The van der Waals surface area contributed by atoms with E-state index in [1.807, 2.05) is 0 Å². The molecule has 3 aliphatic carbocycles. The Kier molecular flexibility index (Phi) is 8.60. The maximum absolute atomic E-state index is 10.6. The summed E-state index contributed by atoms with van der Waals surface area (Å²) in [7, 11) is 0. The van der Waals surface area contributed by atoms with Gasteiger partial charge in [0.15, 0.2) is 0 Å². The number of aliphatic hydroxyl groups excluding tert-OH is 1. The number of aliphatic carboxylic acids is 1. The first-order chi connectivity index (χ1) is 12.9. The second kappa shape index (κ2) is 10.5. The van der Waals surface area contributed by atoms with Gasteiger partial charge in [-0.15, -0.1) is 0 Å². The number of unbranched alkanes of at least 4 members (excludes halogenated alkanes) is 3. The zero-order chi connectivity index (χ0) is 19.9. The highest BCUT2D eigenvalue weighted by atomic mass is 16.4. The Morgan fingerprint density at radius 1 is 1.19 bits per heavy atom. The number of aliphatic hydroxyl groups is 1. The molecule has 0 heterocycles. The summed E-state index contributed by atoms with van der Waals surface area (Å²) in [6.07, 6.45) is 18.4. The summed E-state index contributed by atoms with van der Waals surface area (Å²) in [6, 6.07) is 0. The Morgan fingerprint density at radius 3 is 2.63 bits per heavy atom. The van der Waals surface area contributed by atoms with Gasteiger partial charge >= 0.3 is 5.97 Å². The molecule has 3 aliphatic rings. The molecule has 0 spiro atoms. The molecule has 0 aliphatic heterocycles. The van der Waals surface area contributed by atoms with Gasteiger partial charge in [0, 0.05) is 6.42 Å². The highest BCUT2D eigenvalue weighted by molar-refractivity contribution is 5.66. The van der Waals surface area contributed by atoms with Gasteiger partial charge in [-0.25, -0.2) is 0 Å². The van der Waals surface area contributed by atoms with E-state index in [9.17, 15) is 9.90 Å². The average Bonchev–Trinajstić information content (AvgIpc) is 2.62. The van der Waals surface area contributed by atoms with E-state index in [1.165, 1.54) is 25.7 Å². The average molecular weight is 377 g/mol. The third-order valence-electron chi connectivity index (χ3n) is 7.19. The maximum atomic E-state index is 10.6. The molecule has 154 valence electrons. The molecule has 3 saturated carbocycles. The fourth-order valence-electron chi connectivity index (χ4n) is 5.26. The van der Waals surface area contributed by atoms with Crippen molar-refractivity contribution >= 4 is 5.97 Å². The highest BCUT2D eigenvalue weighted by Gasteiger charge is 2.56. The second-order valence-corrected chi connectivity index (χ2v) is 9.37. The predicted octanol–water partition coefficient (Wildman–Crippen LogP) is 5.98. The second-order valence-electron chi connectivity index (χ2n) is 9.37. The molecule has 0 saturated heterocycles. The molecule has 0 amide bonds. The van der Waals surface area contributed by atoms with Crippen molar-refractivity contribution < 1.29 is 15.0 Å². The Hall–Kier alpha value is -1.09. The quantitative estimate of drug-likeness (QED) is 0.325. The van der Waals surface area contributed by atoms with Gasteiger partial charge in [-0.05, 0) is 67.6 Å². The molecule has 0 aromatic carbocycles. The van der Waals surface area contributed by atoms with Crippen molar-refractivity contribution in [3.05, 3.63) is 24.3 Å². The SMILES string of the molecule is CCCCC[C@@H](O)/C=C/[C@H]1C[C@H]2C[C@@H]([C@H]1C/C=C\CCCC(=O)O)C2(C)C. The molecule has 5 atom stereocenters. The van der Waals surface area contributed by atoms with Crippen molar-refractivity contribution in [2.75, 3.05) is 0 Å². The predicted molar refractivity (Wildman–Crippen MR) is 112 cm³/mol. The largest absolute Gasteiger partial charge is 0.481 e. The maximum Gasteiger partial charge on any atom is 0.303 e. The van der Waals surface area contributed by atoms with Crippen molar-refractivity contribution in [3.63, 3.8) is 0 Å². The van der Waals surface area contributed by atoms with Gasteiger partial charge in [0.25, 0.3) is 0 Å². The van der Waals surface area contributed by atoms with E-state index in [-0.39, 0.29) is 12.5 Å². The van der Waals surface area contributed by atoms with Gasteiger partial charge in [-0.2, -0.15) is 0 Å². The standard InChI is InChI=1S/C24H40O3/c1-4-5-8-11-20(25)15-14-18-16-19-17-22(24(19,2)3)21(18)12-9-6-7-10-13-23(26)27/h6,9,14-15,18-22,25H,4-5,7-8,10-13,16-17H2,1-3H3,(H,26,27)/b9-6-,15-14+/t18-,19-,20+,21-,22-/m0/s1. The van der Waals surface area contributed by atoms with E-state index in [2.05, 4.69) is 45.1 Å². The van der Waals surface area contributed by atoms with Gasteiger partial charge in [-0.1, -0.05) is 64.3 Å². The number of carboxylic acids is 1. The third kappa shape index (κ3) is 6.20. The lowest BCUT2D eigenvalue weighted by molar-refractivity contribution is -0.137. The lowest BCUT2D eigenvalue weighted by Crippen LogP contribution is -2.55. The fourth-order valence-corrected chi connectivity index (χ4v) is 5.26. The summed E-state index contributed by atoms with van der Waals surface area (Å²) in [5, 5.41) is 19.0. The molecule has 3 fully saturated rings. The summed E-state index contributed by atoms with van der Waals surface area (Å²) in [6.45, 7) is 7.04. The van der Waals surface area contributed by atoms with E-state index in [1.54, 1.807) is 0 Å². The minimum atomic E-state index is -0.708. The summed E-state index contributed by atoms with van der Waals surface area (Å²) in [5.41, 5.74) is 0.450. The molecule has 0 radical (unpaired) electrons. The molecular weight excluding hydrogens is 336 g/mol. The van der Waals surface area contributed by atoms with E-state index < -0.39 is 5.97 Å². The van der Waals surface area contributed by atoms with Crippen LogP contribution in [-0.2, 0) is 4.79 Å². The molecule has 0 unspecified atom stereocenters. The van der Waals surface area contributed by atoms with Crippen LogP contribution in [0.5, 0.6) is 0 Å². The van der Waals surface area contributed by atoms with Gasteiger partial charge < -0.3 is 10.2 Å². The summed E-state index contributed by atoms with van der Waals surface area (Å²) < 4.78 is 0. The van der Waals surface area contributed by atoms with Crippen molar-refractivity contribution in [1.29, 1.82) is 0 Å². The van der Waals surface area contributed by atoms with Crippen molar-refractivity contribution in [1.82, 2.24) is 0 Å². The molecule has 0 aromatic rings.